The van der Waals surface area contributed by atoms with E-state index in [2.05, 4.69) is 22.1 Å². The first-order valence-corrected chi connectivity index (χ1v) is 10.0. The lowest BCUT2D eigenvalue weighted by molar-refractivity contribution is 0.00578. The van der Waals surface area contributed by atoms with E-state index in [-0.39, 0.29) is 17.3 Å². The molecule has 1 fully saturated rings. The molecule has 1 aromatic heterocycles. The van der Waals surface area contributed by atoms with Crippen molar-refractivity contribution in [1.29, 1.82) is 5.26 Å². The molecule has 31 heavy (non-hydrogen) atoms. The molecule has 0 radical (unpaired) electrons. The molecule has 2 aromatic carbocycles. The fourth-order valence-corrected chi connectivity index (χ4v) is 3.48. The highest BCUT2D eigenvalue weighted by Gasteiger charge is 2.51. The van der Waals surface area contributed by atoms with Crippen molar-refractivity contribution in [1.82, 2.24) is 9.97 Å². The Hall–Kier alpha value is -3.41. The predicted octanol–water partition coefficient (Wildman–Crippen LogP) is 3.15. The zero-order valence-corrected chi connectivity index (χ0v) is 18.0. The van der Waals surface area contributed by atoms with Crippen molar-refractivity contribution >= 4 is 24.3 Å². The molecule has 2 heterocycles. The molecule has 1 saturated heterocycles. The number of nitrogens with zero attached hydrogens (tertiary/aromatic N) is 3. The van der Waals surface area contributed by atoms with Crippen LogP contribution in [0.1, 0.15) is 33.3 Å². The molecule has 7 nitrogen and oxygen atoms in total. The molecule has 4 N–H and O–H groups in total. The van der Waals surface area contributed by atoms with Crippen LogP contribution >= 0.6 is 0 Å². The zero-order valence-electron chi connectivity index (χ0n) is 18.0. The Kier molecular flexibility index (Phi) is 4.96. The summed E-state index contributed by atoms with van der Waals surface area (Å²) in [6, 6.07) is 17.9. The SMILES string of the molecule is CC1(C)OB(c2cccc(-c3ccc(-c4nc(N)nc(N)c4C#N)cc3)c2)OC1(C)C. The van der Waals surface area contributed by atoms with Crippen molar-refractivity contribution in [3.8, 4) is 28.5 Å². The maximum absolute atomic E-state index is 9.42. The minimum absolute atomic E-state index is 0.0330. The summed E-state index contributed by atoms with van der Waals surface area (Å²) in [6.07, 6.45) is 0. The van der Waals surface area contributed by atoms with Crippen LogP contribution in [-0.4, -0.2) is 28.3 Å². The lowest BCUT2D eigenvalue weighted by Crippen LogP contribution is -2.41. The number of rotatable bonds is 3. The molecule has 0 aliphatic carbocycles. The first kappa shape index (κ1) is 20.9. The molecular formula is C23H24BN5O2. The van der Waals surface area contributed by atoms with E-state index in [1.165, 1.54) is 0 Å². The van der Waals surface area contributed by atoms with Crippen LogP contribution in [-0.2, 0) is 9.31 Å². The van der Waals surface area contributed by atoms with Crippen molar-refractivity contribution in [2.75, 3.05) is 11.5 Å². The maximum Gasteiger partial charge on any atom is 0.494 e. The molecule has 0 bridgehead atoms. The van der Waals surface area contributed by atoms with Crippen LogP contribution in [0.25, 0.3) is 22.4 Å². The number of hydrogen-bond acceptors (Lipinski definition) is 7. The summed E-state index contributed by atoms with van der Waals surface area (Å²) in [5, 5.41) is 9.42. The van der Waals surface area contributed by atoms with Crippen LogP contribution in [0, 0.1) is 11.3 Å². The summed E-state index contributed by atoms with van der Waals surface area (Å²) >= 11 is 0. The average molecular weight is 413 g/mol. The van der Waals surface area contributed by atoms with Crippen LogP contribution < -0.4 is 16.9 Å². The van der Waals surface area contributed by atoms with Crippen LogP contribution in [0.15, 0.2) is 48.5 Å². The third kappa shape index (κ3) is 3.74. The molecule has 0 atom stereocenters. The number of nitrogen functional groups attached to an aromatic ring is 2. The van der Waals surface area contributed by atoms with Gasteiger partial charge in [-0.15, -0.1) is 0 Å². The highest BCUT2D eigenvalue weighted by molar-refractivity contribution is 6.62. The summed E-state index contributed by atoms with van der Waals surface area (Å²) in [6.45, 7) is 8.16. The lowest BCUT2D eigenvalue weighted by atomic mass is 9.78. The van der Waals surface area contributed by atoms with Crippen LogP contribution in [0.2, 0.25) is 0 Å². The summed E-state index contributed by atoms with van der Waals surface area (Å²) < 4.78 is 12.4. The van der Waals surface area contributed by atoms with E-state index in [4.69, 9.17) is 20.8 Å². The van der Waals surface area contributed by atoms with Crippen molar-refractivity contribution in [2.24, 2.45) is 0 Å². The van der Waals surface area contributed by atoms with Gasteiger partial charge in [-0.1, -0.05) is 48.5 Å². The largest absolute Gasteiger partial charge is 0.494 e. The molecule has 156 valence electrons. The summed E-state index contributed by atoms with van der Waals surface area (Å²) in [4.78, 5) is 8.06. The van der Waals surface area contributed by atoms with Gasteiger partial charge in [-0.2, -0.15) is 10.2 Å². The second-order valence-electron chi connectivity index (χ2n) is 8.59. The highest BCUT2D eigenvalue weighted by atomic mass is 16.7. The van der Waals surface area contributed by atoms with Gasteiger partial charge in [-0.25, -0.2) is 4.98 Å². The standard InChI is InChI=1S/C23H24BN5O2/c1-22(2)23(3,4)31-24(30-22)17-7-5-6-16(12-17)14-8-10-15(11-9-14)19-18(13-25)20(26)29-21(27)28-19/h5-12H,1-4H3,(H4,26,27,28,29). The molecule has 1 aliphatic rings. The van der Waals surface area contributed by atoms with E-state index in [1.54, 1.807) is 0 Å². The number of hydrogen-bond donors (Lipinski definition) is 2. The van der Waals surface area contributed by atoms with Crippen molar-refractivity contribution < 1.29 is 9.31 Å². The quantitative estimate of drug-likeness (QED) is 0.633. The highest BCUT2D eigenvalue weighted by Crippen LogP contribution is 2.36. The van der Waals surface area contributed by atoms with Gasteiger partial charge in [0.15, 0.2) is 0 Å². The van der Waals surface area contributed by atoms with Crippen LogP contribution in [0.3, 0.4) is 0 Å². The first-order chi connectivity index (χ1) is 14.6. The zero-order chi connectivity index (χ0) is 22.4. The summed E-state index contributed by atoms with van der Waals surface area (Å²) in [7, 11) is -0.422. The third-order valence-electron chi connectivity index (χ3n) is 5.97. The fourth-order valence-electron chi connectivity index (χ4n) is 3.48. The Morgan fingerprint density at radius 1 is 0.871 bits per heavy atom. The van der Waals surface area contributed by atoms with E-state index >= 15 is 0 Å². The second kappa shape index (κ2) is 7.38. The molecule has 4 rings (SSSR count). The minimum atomic E-state index is -0.422. The number of nitrogens with two attached hydrogens (primary N) is 2. The molecule has 8 heteroatoms. The minimum Gasteiger partial charge on any atom is -0.399 e. The monoisotopic (exact) mass is 413 g/mol. The molecule has 0 spiro atoms. The van der Waals surface area contributed by atoms with Gasteiger partial charge in [-0.3, -0.25) is 0 Å². The predicted molar refractivity (Wildman–Crippen MR) is 122 cm³/mol. The molecule has 0 unspecified atom stereocenters. The van der Waals surface area contributed by atoms with Crippen LogP contribution in [0.4, 0.5) is 11.8 Å². The van der Waals surface area contributed by atoms with Gasteiger partial charge >= 0.3 is 7.12 Å². The molecule has 3 aromatic rings. The van der Waals surface area contributed by atoms with Gasteiger partial charge in [0, 0.05) is 5.56 Å². The number of aromatic nitrogens is 2. The smallest absolute Gasteiger partial charge is 0.399 e. The van der Waals surface area contributed by atoms with Crippen molar-refractivity contribution in [3.63, 3.8) is 0 Å². The number of nitriles is 1. The van der Waals surface area contributed by atoms with E-state index in [9.17, 15) is 5.26 Å². The summed E-state index contributed by atoms with van der Waals surface area (Å²) in [5.41, 5.74) is 15.1. The van der Waals surface area contributed by atoms with Gasteiger partial charge in [0.1, 0.15) is 17.5 Å². The van der Waals surface area contributed by atoms with E-state index in [0.717, 1.165) is 22.2 Å². The van der Waals surface area contributed by atoms with Gasteiger partial charge in [0.25, 0.3) is 0 Å². The molecule has 0 amide bonds. The van der Waals surface area contributed by atoms with Crippen LogP contribution in [0.5, 0.6) is 0 Å². The molecule has 1 aliphatic heterocycles. The summed E-state index contributed by atoms with van der Waals surface area (Å²) in [5.74, 6) is 0.106. The molecular weight excluding hydrogens is 389 g/mol. The fraction of sp³-hybridized carbons (Fsp3) is 0.261. The Morgan fingerprint density at radius 3 is 2.10 bits per heavy atom. The Bertz CT molecular complexity index is 1170. The Morgan fingerprint density at radius 2 is 1.48 bits per heavy atom. The number of anilines is 2. The van der Waals surface area contributed by atoms with E-state index in [0.29, 0.717) is 5.69 Å². The van der Waals surface area contributed by atoms with Crippen molar-refractivity contribution in [3.05, 3.63) is 54.1 Å². The number of benzene rings is 2. The topological polar surface area (TPSA) is 120 Å². The maximum atomic E-state index is 9.42. The van der Waals surface area contributed by atoms with E-state index in [1.807, 2.05) is 70.2 Å². The lowest BCUT2D eigenvalue weighted by Gasteiger charge is -2.32. The third-order valence-corrected chi connectivity index (χ3v) is 5.97. The Labute approximate surface area is 182 Å². The normalized spacial score (nSPS) is 16.8. The molecule has 0 saturated carbocycles. The first-order valence-electron chi connectivity index (χ1n) is 10.0. The average Bonchev–Trinajstić information content (AvgIpc) is 2.95. The van der Waals surface area contributed by atoms with Gasteiger partial charge in [0.05, 0.1) is 16.9 Å². The van der Waals surface area contributed by atoms with Gasteiger partial charge < -0.3 is 20.8 Å². The van der Waals surface area contributed by atoms with E-state index < -0.39 is 18.3 Å². The van der Waals surface area contributed by atoms with Gasteiger partial charge in [-0.05, 0) is 44.3 Å². The van der Waals surface area contributed by atoms with Crippen molar-refractivity contribution in [2.45, 2.75) is 38.9 Å². The second-order valence-corrected chi connectivity index (χ2v) is 8.59. The Balaban J connectivity index is 1.65. The van der Waals surface area contributed by atoms with Gasteiger partial charge in [0.2, 0.25) is 5.95 Å².